The lowest BCUT2D eigenvalue weighted by Crippen LogP contribution is -2.50. The third kappa shape index (κ3) is 4.03. The summed E-state index contributed by atoms with van der Waals surface area (Å²) in [7, 11) is 0. The number of hydrogen-bond acceptors (Lipinski definition) is 5. The molecular formula is C20H20N6O. The summed E-state index contributed by atoms with van der Waals surface area (Å²) in [5, 5.41) is 10.4. The second-order valence-corrected chi connectivity index (χ2v) is 6.28. The normalized spacial score (nSPS) is 14.1. The summed E-state index contributed by atoms with van der Waals surface area (Å²) in [6.45, 7) is 2.73. The van der Waals surface area contributed by atoms with Gasteiger partial charge in [-0.25, -0.2) is 9.78 Å². The van der Waals surface area contributed by atoms with E-state index in [0.717, 1.165) is 24.5 Å². The molecule has 0 unspecified atom stereocenters. The van der Waals surface area contributed by atoms with E-state index >= 15 is 0 Å². The van der Waals surface area contributed by atoms with Crippen molar-refractivity contribution in [1.29, 1.82) is 0 Å². The number of carbonyl (C=O) groups excluding carboxylic acids is 1. The molecule has 3 heterocycles. The number of nitrogens with one attached hydrogen (secondary N) is 1. The number of nitrogens with zero attached hydrogens (tertiary/aromatic N) is 5. The number of benzene rings is 1. The highest BCUT2D eigenvalue weighted by atomic mass is 16.2. The second kappa shape index (κ2) is 7.82. The van der Waals surface area contributed by atoms with E-state index in [2.05, 4.69) is 43.6 Å². The smallest absolute Gasteiger partial charge is 0.323 e. The van der Waals surface area contributed by atoms with Crippen LogP contribution in [-0.2, 0) is 0 Å². The van der Waals surface area contributed by atoms with Crippen LogP contribution in [0.2, 0.25) is 0 Å². The molecule has 0 saturated carbocycles. The largest absolute Gasteiger partial charge is 0.353 e. The number of urea groups is 1. The van der Waals surface area contributed by atoms with Gasteiger partial charge in [0, 0.05) is 38.6 Å². The SMILES string of the molecule is O=C(Nc1cccnn1)N1CCN(c2cc(-c3ccccc3)ccn2)CC1. The molecule has 0 spiro atoms. The van der Waals surface area contributed by atoms with Crippen molar-refractivity contribution in [2.45, 2.75) is 0 Å². The van der Waals surface area contributed by atoms with E-state index in [1.54, 1.807) is 23.2 Å². The Kier molecular flexibility index (Phi) is 4.91. The van der Waals surface area contributed by atoms with Gasteiger partial charge in [0.2, 0.25) is 0 Å². The highest BCUT2D eigenvalue weighted by Crippen LogP contribution is 2.23. The fraction of sp³-hybridized carbons (Fsp3) is 0.200. The third-order valence-corrected chi connectivity index (χ3v) is 4.55. The summed E-state index contributed by atoms with van der Waals surface area (Å²) in [6, 6.07) is 17.7. The molecule has 1 saturated heterocycles. The molecule has 27 heavy (non-hydrogen) atoms. The van der Waals surface area contributed by atoms with Crippen LogP contribution >= 0.6 is 0 Å². The van der Waals surface area contributed by atoms with Crippen molar-refractivity contribution < 1.29 is 4.79 Å². The van der Waals surface area contributed by atoms with Gasteiger partial charge in [-0.3, -0.25) is 5.32 Å². The summed E-state index contributed by atoms with van der Waals surface area (Å²) >= 11 is 0. The van der Waals surface area contributed by atoms with Gasteiger partial charge >= 0.3 is 6.03 Å². The Balaban J connectivity index is 1.39. The molecule has 136 valence electrons. The topological polar surface area (TPSA) is 74.2 Å². The molecule has 0 atom stereocenters. The van der Waals surface area contributed by atoms with Gasteiger partial charge in [-0.1, -0.05) is 30.3 Å². The minimum Gasteiger partial charge on any atom is -0.353 e. The first kappa shape index (κ1) is 17.0. The quantitative estimate of drug-likeness (QED) is 0.777. The molecule has 1 N–H and O–H groups in total. The second-order valence-electron chi connectivity index (χ2n) is 6.28. The van der Waals surface area contributed by atoms with Gasteiger partial charge < -0.3 is 9.80 Å². The number of hydrogen-bond donors (Lipinski definition) is 1. The molecule has 2 amide bonds. The van der Waals surface area contributed by atoms with Crippen LogP contribution in [0.5, 0.6) is 0 Å². The molecule has 2 aromatic heterocycles. The van der Waals surface area contributed by atoms with Crippen molar-refractivity contribution in [3.8, 4) is 11.1 Å². The van der Waals surface area contributed by atoms with Gasteiger partial charge in [-0.2, -0.15) is 5.10 Å². The van der Waals surface area contributed by atoms with Crippen LogP contribution in [0.3, 0.4) is 0 Å². The van der Waals surface area contributed by atoms with Gasteiger partial charge in [-0.15, -0.1) is 5.10 Å². The lowest BCUT2D eigenvalue weighted by molar-refractivity contribution is 0.208. The monoisotopic (exact) mass is 360 g/mol. The molecule has 3 aromatic rings. The Morgan fingerprint density at radius 3 is 2.44 bits per heavy atom. The molecular weight excluding hydrogens is 340 g/mol. The molecule has 1 aromatic carbocycles. The van der Waals surface area contributed by atoms with Crippen molar-refractivity contribution in [1.82, 2.24) is 20.1 Å². The van der Waals surface area contributed by atoms with Crippen LogP contribution in [0.4, 0.5) is 16.4 Å². The molecule has 0 radical (unpaired) electrons. The Labute approximate surface area is 157 Å². The zero-order valence-corrected chi connectivity index (χ0v) is 14.8. The Morgan fingerprint density at radius 1 is 0.889 bits per heavy atom. The minimum absolute atomic E-state index is 0.152. The summed E-state index contributed by atoms with van der Waals surface area (Å²) in [5.74, 6) is 1.40. The van der Waals surface area contributed by atoms with E-state index in [4.69, 9.17) is 0 Å². The number of rotatable bonds is 3. The lowest BCUT2D eigenvalue weighted by atomic mass is 10.1. The van der Waals surface area contributed by atoms with Crippen molar-refractivity contribution in [3.63, 3.8) is 0 Å². The van der Waals surface area contributed by atoms with E-state index < -0.39 is 0 Å². The maximum Gasteiger partial charge on any atom is 0.323 e. The molecule has 7 heteroatoms. The van der Waals surface area contributed by atoms with Crippen molar-refractivity contribution >= 4 is 17.7 Å². The molecule has 7 nitrogen and oxygen atoms in total. The molecule has 1 aliphatic heterocycles. The summed E-state index contributed by atoms with van der Waals surface area (Å²) < 4.78 is 0. The number of amides is 2. The van der Waals surface area contributed by atoms with Crippen molar-refractivity contribution in [2.24, 2.45) is 0 Å². The zero-order chi connectivity index (χ0) is 18.5. The van der Waals surface area contributed by atoms with Crippen LogP contribution in [0.1, 0.15) is 0 Å². The fourth-order valence-electron chi connectivity index (χ4n) is 3.10. The van der Waals surface area contributed by atoms with E-state index in [1.165, 1.54) is 5.56 Å². The minimum atomic E-state index is -0.152. The maximum absolute atomic E-state index is 12.4. The van der Waals surface area contributed by atoms with Crippen LogP contribution in [0, 0.1) is 0 Å². The standard InChI is InChI=1S/C20H20N6O/c27-20(23-18-7-4-9-22-24-18)26-13-11-25(12-14-26)19-15-17(8-10-21-19)16-5-2-1-3-6-16/h1-10,15H,11-14H2,(H,23,24,27). The molecule has 0 bridgehead atoms. The highest BCUT2D eigenvalue weighted by molar-refractivity contribution is 5.88. The molecule has 0 aliphatic carbocycles. The average Bonchev–Trinajstić information content (AvgIpc) is 2.75. The van der Waals surface area contributed by atoms with Gasteiger partial charge in [0.1, 0.15) is 5.82 Å². The number of aromatic nitrogens is 3. The van der Waals surface area contributed by atoms with Crippen molar-refractivity contribution in [3.05, 3.63) is 67.0 Å². The molecule has 1 fully saturated rings. The van der Waals surface area contributed by atoms with Gasteiger partial charge in [-0.05, 0) is 35.4 Å². The third-order valence-electron chi connectivity index (χ3n) is 4.55. The van der Waals surface area contributed by atoms with Gasteiger partial charge in [0.05, 0.1) is 0 Å². The predicted octanol–water partition coefficient (Wildman–Crippen LogP) is 2.89. The van der Waals surface area contributed by atoms with E-state index in [1.807, 2.05) is 30.5 Å². The van der Waals surface area contributed by atoms with Crippen LogP contribution < -0.4 is 10.2 Å². The van der Waals surface area contributed by atoms with Crippen LogP contribution in [-0.4, -0.2) is 52.3 Å². The van der Waals surface area contributed by atoms with E-state index in [9.17, 15) is 4.79 Å². The summed E-state index contributed by atoms with van der Waals surface area (Å²) in [4.78, 5) is 20.9. The van der Waals surface area contributed by atoms with Crippen LogP contribution in [0.25, 0.3) is 11.1 Å². The van der Waals surface area contributed by atoms with Gasteiger partial charge in [0.25, 0.3) is 0 Å². The summed E-state index contributed by atoms with van der Waals surface area (Å²) in [5.41, 5.74) is 2.31. The average molecular weight is 360 g/mol. The first-order valence-corrected chi connectivity index (χ1v) is 8.90. The zero-order valence-electron chi connectivity index (χ0n) is 14.8. The highest BCUT2D eigenvalue weighted by Gasteiger charge is 2.22. The Hall–Kier alpha value is -3.48. The Morgan fingerprint density at radius 2 is 1.70 bits per heavy atom. The summed E-state index contributed by atoms with van der Waals surface area (Å²) in [6.07, 6.45) is 3.41. The number of carbonyl (C=O) groups is 1. The predicted molar refractivity (Wildman–Crippen MR) is 105 cm³/mol. The van der Waals surface area contributed by atoms with E-state index in [0.29, 0.717) is 18.9 Å². The number of piperazine rings is 1. The van der Waals surface area contributed by atoms with Crippen LogP contribution in [0.15, 0.2) is 67.0 Å². The maximum atomic E-state index is 12.4. The fourth-order valence-corrected chi connectivity index (χ4v) is 3.10. The number of anilines is 2. The Bertz CT molecular complexity index is 895. The van der Waals surface area contributed by atoms with Crippen molar-refractivity contribution in [2.75, 3.05) is 36.4 Å². The van der Waals surface area contributed by atoms with Gasteiger partial charge in [0.15, 0.2) is 5.82 Å². The number of pyridine rings is 1. The van der Waals surface area contributed by atoms with E-state index in [-0.39, 0.29) is 6.03 Å². The lowest BCUT2D eigenvalue weighted by Gasteiger charge is -2.35. The molecule has 1 aliphatic rings. The molecule has 4 rings (SSSR count). The first-order valence-electron chi connectivity index (χ1n) is 8.90. The first-order chi connectivity index (χ1) is 13.3.